The maximum atomic E-state index is 13.0. The highest BCUT2D eigenvalue weighted by Crippen LogP contribution is 2.35. The van der Waals surface area contributed by atoms with Gasteiger partial charge in [0, 0.05) is 6.04 Å². The van der Waals surface area contributed by atoms with Crippen LogP contribution < -0.4 is 20.1 Å². The zero-order valence-corrected chi connectivity index (χ0v) is 20.6. The Morgan fingerprint density at radius 2 is 1.41 bits per heavy atom. The van der Waals surface area contributed by atoms with E-state index in [-0.39, 0.29) is 12.8 Å². The fraction of sp³-hybridized carbons (Fsp3) is 0.333. The van der Waals surface area contributed by atoms with Gasteiger partial charge in [0.1, 0.15) is 6.23 Å². The van der Waals surface area contributed by atoms with E-state index in [1.165, 1.54) is 25.2 Å². The molecule has 12 heteroatoms. The SMILES string of the molecule is CNC(O)[C@H](N[C@H](CCc1ccc(C(F)(F)F)cc1)c1ccc(OC(F)F)c(OC(F)F)c1)c1ccccc1. The molecule has 3 rings (SSSR count). The summed E-state index contributed by atoms with van der Waals surface area (Å²) in [5, 5.41) is 16.7. The van der Waals surface area contributed by atoms with Gasteiger partial charge in [0.25, 0.3) is 0 Å². The molecule has 0 aliphatic heterocycles. The van der Waals surface area contributed by atoms with Crippen LogP contribution in [-0.4, -0.2) is 31.6 Å². The van der Waals surface area contributed by atoms with Crippen molar-refractivity contribution in [3.05, 3.63) is 95.1 Å². The monoisotopic (exact) mass is 560 g/mol. The molecule has 0 saturated heterocycles. The second-order valence-electron chi connectivity index (χ2n) is 8.54. The summed E-state index contributed by atoms with van der Waals surface area (Å²) in [4.78, 5) is 0. The van der Waals surface area contributed by atoms with E-state index >= 15 is 0 Å². The average molecular weight is 561 g/mol. The molecule has 0 aliphatic carbocycles. The van der Waals surface area contributed by atoms with Crippen molar-refractivity contribution in [1.82, 2.24) is 10.6 Å². The van der Waals surface area contributed by atoms with Crippen molar-refractivity contribution < 1.29 is 45.3 Å². The van der Waals surface area contributed by atoms with Crippen LogP contribution in [0.3, 0.4) is 0 Å². The molecular formula is C27H27F7N2O3. The zero-order chi connectivity index (χ0) is 28.6. The van der Waals surface area contributed by atoms with Gasteiger partial charge in [0.15, 0.2) is 11.5 Å². The molecule has 0 bridgehead atoms. The van der Waals surface area contributed by atoms with Crippen LogP contribution >= 0.6 is 0 Å². The van der Waals surface area contributed by atoms with Crippen LogP contribution in [0.1, 0.15) is 40.8 Å². The second-order valence-corrected chi connectivity index (χ2v) is 8.54. The largest absolute Gasteiger partial charge is 0.431 e. The third kappa shape index (κ3) is 8.84. The van der Waals surface area contributed by atoms with E-state index in [2.05, 4.69) is 20.1 Å². The summed E-state index contributed by atoms with van der Waals surface area (Å²) < 4.78 is 99.3. The Morgan fingerprint density at radius 3 is 1.97 bits per heavy atom. The van der Waals surface area contributed by atoms with Gasteiger partial charge in [0.05, 0.1) is 11.6 Å². The third-order valence-electron chi connectivity index (χ3n) is 5.96. The summed E-state index contributed by atoms with van der Waals surface area (Å²) in [5.74, 6) is -1.21. The first-order chi connectivity index (χ1) is 18.5. The minimum absolute atomic E-state index is 0.230. The summed E-state index contributed by atoms with van der Waals surface area (Å²) in [6.45, 7) is -6.60. The molecule has 3 N–H and O–H groups in total. The summed E-state index contributed by atoms with van der Waals surface area (Å²) >= 11 is 0. The van der Waals surface area contributed by atoms with Crippen molar-refractivity contribution in [3.8, 4) is 11.5 Å². The lowest BCUT2D eigenvalue weighted by molar-refractivity contribution is -0.137. The number of aliphatic hydroxyl groups excluding tert-OH is 1. The van der Waals surface area contributed by atoms with E-state index in [4.69, 9.17) is 0 Å². The first kappa shape index (κ1) is 30.2. The molecule has 1 unspecified atom stereocenters. The first-order valence-corrected chi connectivity index (χ1v) is 11.8. The smallest absolute Gasteiger partial charge is 0.416 e. The van der Waals surface area contributed by atoms with Gasteiger partial charge in [-0.15, -0.1) is 0 Å². The number of nitrogens with one attached hydrogen (secondary N) is 2. The van der Waals surface area contributed by atoms with Crippen molar-refractivity contribution in [2.24, 2.45) is 0 Å². The lowest BCUT2D eigenvalue weighted by Gasteiger charge is -2.30. The van der Waals surface area contributed by atoms with Crippen molar-refractivity contribution >= 4 is 0 Å². The number of alkyl halides is 7. The highest BCUT2D eigenvalue weighted by atomic mass is 19.4. The first-order valence-electron chi connectivity index (χ1n) is 11.8. The Kier molecular flexibility index (Phi) is 10.6. The van der Waals surface area contributed by atoms with Crippen molar-refractivity contribution in [2.75, 3.05) is 7.05 Å². The number of rotatable bonds is 13. The summed E-state index contributed by atoms with van der Waals surface area (Å²) in [6.07, 6.45) is -5.10. The molecule has 0 spiro atoms. The number of aryl methyl sites for hydroxylation is 1. The molecule has 212 valence electrons. The van der Waals surface area contributed by atoms with Crippen molar-refractivity contribution in [3.63, 3.8) is 0 Å². The summed E-state index contributed by atoms with van der Waals surface area (Å²) in [6, 6.07) is 15.6. The third-order valence-corrected chi connectivity index (χ3v) is 5.96. The number of likely N-dealkylation sites (N-methyl/N-ethyl adjacent to an activating group) is 1. The molecule has 0 fully saturated rings. The number of hydrogen-bond donors (Lipinski definition) is 3. The lowest BCUT2D eigenvalue weighted by atomic mass is 9.95. The quantitative estimate of drug-likeness (QED) is 0.166. The Morgan fingerprint density at radius 1 is 0.795 bits per heavy atom. The van der Waals surface area contributed by atoms with E-state index in [0.717, 1.165) is 24.3 Å². The molecule has 5 nitrogen and oxygen atoms in total. The molecule has 0 amide bonds. The molecule has 3 aromatic rings. The number of halogens is 7. The maximum Gasteiger partial charge on any atom is 0.416 e. The number of benzene rings is 3. The van der Waals surface area contributed by atoms with Crippen LogP contribution in [-0.2, 0) is 12.6 Å². The normalized spacial score (nSPS) is 14.3. The molecule has 39 heavy (non-hydrogen) atoms. The number of hydrogen-bond acceptors (Lipinski definition) is 5. The van der Waals surface area contributed by atoms with Crippen LogP contribution in [0.4, 0.5) is 30.7 Å². The predicted octanol–water partition coefficient (Wildman–Crippen LogP) is 6.45. The minimum atomic E-state index is -4.49. The van der Waals surface area contributed by atoms with Crippen LogP contribution in [0.2, 0.25) is 0 Å². The van der Waals surface area contributed by atoms with E-state index in [0.29, 0.717) is 16.7 Å². The van der Waals surface area contributed by atoms with E-state index < -0.39 is 54.8 Å². The van der Waals surface area contributed by atoms with Crippen LogP contribution in [0, 0.1) is 0 Å². The lowest BCUT2D eigenvalue weighted by Crippen LogP contribution is -2.41. The standard InChI is InChI=1S/C27H27F7N2O3/c1-35-24(37)23(17-5-3-2-4-6-17)36-20(13-9-16-7-11-19(12-8-16)27(32,33)34)18-10-14-21(38-25(28)29)22(15-18)39-26(30)31/h2-8,10-12,14-15,20,23-26,35-37H,9,13H2,1H3/t20-,23-,24?/m1/s1. The molecular weight excluding hydrogens is 533 g/mol. The van der Waals surface area contributed by atoms with Crippen molar-refractivity contribution in [1.29, 1.82) is 0 Å². The van der Waals surface area contributed by atoms with Gasteiger partial charge in [-0.2, -0.15) is 30.7 Å². The van der Waals surface area contributed by atoms with Gasteiger partial charge in [-0.05, 0) is 60.8 Å². The molecule has 0 saturated carbocycles. The van der Waals surface area contributed by atoms with Gasteiger partial charge in [0.2, 0.25) is 0 Å². The van der Waals surface area contributed by atoms with Gasteiger partial charge < -0.3 is 14.6 Å². The minimum Gasteiger partial charge on any atom is -0.431 e. The number of ether oxygens (including phenoxy) is 2. The van der Waals surface area contributed by atoms with Crippen LogP contribution in [0.25, 0.3) is 0 Å². The Bertz CT molecular complexity index is 1160. The summed E-state index contributed by atoms with van der Waals surface area (Å²) in [7, 11) is 1.53. The van der Waals surface area contributed by atoms with Crippen LogP contribution in [0.15, 0.2) is 72.8 Å². The van der Waals surface area contributed by atoms with E-state index in [1.807, 2.05) is 0 Å². The highest BCUT2D eigenvalue weighted by molar-refractivity contribution is 5.44. The van der Waals surface area contributed by atoms with Gasteiger partial charge >= 0.3 is 19.4 Å². The van der Waals surface area contributed by atoms with E-state index in [1.54, 1.807) is 30.3 Å². The molecule has 0 aromatic heterocycles. The van der Waals surface area contributed by atoms with E-state index in [9.17, 15) is 35.8 Å². The molecule has 3 aromatic carbocycles. The fourth-order valence-electron chi connectivity index (χ4n) is 4.05. The number of aliphatic hydroxyl groups is 1. The van der Waals surface area contributed by atoms with Gasteiger partial charge in [-0.1, -0.05) is 48.5 Å². The Balaban J connectivity index is 1.96. The predicted molar refractivity (Wildman–Crippen MR) is 130 cm³/mol. The Hall–Kier alpha value is -3.35. The molecule has 0 heterocycles. The molecule has 0 radical (unpaired) electrons. The molecule has 0 aliphatic rings. The highest BCUT2D eigenvalue weighted by Gasteiger charge is 2.30. The average Bonchev–Trinajstić information content (AvgIpc) is 2.89. The van der Waals surface area contributed by atoms with Gasteiger partial charge in [-0.25, -0.2) is 0 Å². The van der Waals surface area contributed by atoms with Crippen molar-refractivity contribution in [2.45, 2.75) is 50.6 Å². The Labute approximate surface area is 220 Å². The summed E-state index contributed by atoms with van der Waals surface area (Å²) in [5.41, 5.74) is 0.788. The maximum absolute atomic E-state index is 13.0. The second kappa shape index (κ2) is 13.6. The molecule has 3 atom stereocenters. The van der Waals surface area contributed by atoms with Gasteiger partial charge in [-0.3, -0.25) is 10.6 Å². The fourth-order valence-corrected chi connectivity index (χ4v) is 4.05. The zero-order valence-electron chi connectivity index (χ0n) is 20.6. The topological polar surface area (TPSA) is 62.8 Å². The van der Waals surface area contributed by atoms with Crippen LogP contribution in [0.5, 0.6) is 11.5 Å².